The Morgan fingerprint density at radius 3 is 2.69 bits per heavy atom. The summed E-state index contributed by atoms with van der Waals surface area (Å²) in [7, 11) is 0. The van der Waals surface area contributed by atoms with Crippen LogP contribution in [0.1, 0.15) is 26.7 Å². The highest BCUT2D eigenvalue weighted by molar-refractivity contribution is 5.79. The molecule has 1 aliphatic heterocycles. The zero-order valence-electron chi connectivity index (χ0n) is 17.3. The van der Waals surface area contributed by atoms with Gasteiger partial charge in [-0.2, -0.15) is 0 Å². The van der Waals surface area contributed by atoms with E-state index in [1.54, 1.807) is 18.5 Å². The number of halogens is 1. The second kappa shape index (κ2) is 10.3. The van der Waals surface area contributed by atoms with Crippen LogP contribution in [0.15, 0.2) is 36.7 Å². The summed E-state index contributed by atoms with van der Waals surface area (Å²) in [6, 6.07) is 6.39. The van der Waals surface area contributed by atoms with Gasteiger partial charge < -0.3 is 15.1 Å². The molecule has 1 N–H and O–H groups in total. The lowest BCUT2D eigenvalue weighted by Gasteiger charge is -2.32. The van der Waals surface area contributed by atoms with Crippen molar-refractivity contribution in [3.05, 3.63) is 42.5 Å². The third kappa shape index (κ3) is 5.73. The number of carbonyl (C=O) groups excluding carboxylic acids is 1. The van der Waals surface area contributed by atoms with Crippen LogP contribution in [-0.4, -0.2) is 60.0 Å². The van der Waals surface area contributed by atoms with Crippen molar-refractivity contribution in [2.45, 2.75) is 26.7 Å². The summed E-state index contributed by atoms with van der Waals surface area (Å²) in [6.45, 7) is 9.25. The van der Waals surface area contributed by atoms with Crippen LogP contribution in [0.25, 0.3) is 11.1 Å². The van der Waals surface area contributed by atoms with Gasteiger partial charge >= 0.3 is 0 Å². The highest BCUT2D eigenvalue weighted by Crippen LogP contribution is 2.23. The fourth-order valence-corrected chi connectivity index (χ4v) is 3.70. The van der Waals surface area contributed by atoms with Crippen molar-refractivity contribution in [1.29, 1.82) is 0 Å². The molecule has 0 spiro atoms. The minimum absolute atomic E-state index is 0.0491. The van der Waals surface area contributed by atoms with Gasteiger partial charge in [0.15, 0.2) is 0 Å². The quantitative estimate of drug-likeness (QED) is 0.740. The normalized spacial score (nSPS) is 16.8. The molecule has 1 saturated heterocycles. The van der Waals surface area contributed by atoms with Crippen LogP contribution in [0.2, 0.25) is 0 Å². The molecule has 1 atom stereocenters. The molecule has 1 fully saturated rings. The van der Waals surface area contributed by atoms with Gasteiger partial charge in [-0.1, -0.05) is 26.0 Å². The molecule has 1 aliphatic rings. The summed E-state index contributed by atoms with van der Waals surface area (Å²) in [5.74, 6) is 0.397. The van der Waals surface area contributed by atoms with Crippen molar-refractivity contribution in [3.63, 3.8) is 0 Å². The molecule has 156 valence electrons. The molecule has 0 saturated carbocycles. The number of hydrogen-bond donors (Lipinski definition) is 1. The molecule has 2 aromatic rings. The molecule has 0 radical (unpaired) electrons. The van der Waals surface area contributed by atoms with E-state index in [0.717, 1.165) is 50.1 Å². The van der Waals surface area contributed by atoms with Crippen LogP contribution in [0, 0.1) is 11.7 Å². The van der Waals surface area contributed by atoms with Gasteiger partial charge in [0.1, 0.15) is 5.82 Å². The number of piperidine rings is 1. The van der Waals surface area contributed by atoms with E-state index in [1.165, 1.54) is 12.1 Å². The molecule has 6 nitrogen and oxygen atoms in total. The smallest absolute Gasteiger partial charge is 0.225 e. The lowest BCUT2D eigenvalue weighted by molar-refractivity contribution is -0.125. The SMILES string of the molecule is CCN(CC)CCNC(=O)[C@H]1CCCN(c2ncc(-c3cccc(F)c3)cn2)C1. The zero-order valence-corrected chi connectivity index (χ0v) is 17.3. The number of nitrogens with zero attached hydrogens (tertiary/aromatic N) is 4. The summed E-state index contributed by atoms with van der Waals surface area (Å²) < 4.78 is 13.4. The lowest BCUT2D eigenvalue weighted by atomic mass is 9.97. The molecule has 3 rings (SSSR count). The van der Waals surface area contributed by atoms with E-state index in [1.807, 2.05) is 6.07 Å². The molecule has 1 amide bonds. The highest BCUT2D eigenvalue weighted by atomic mass is 19.1. The number of benzene rings is 1. The first-order valence-corrected chi connectivity index (χ1v) is 10.4. The van der Waals surface area contributed by atoms with E-state index >= 15 is 0 Å². The molecular weight excluding hydrogens is 369 g/mol. The van der Waals surface area contributed by atoms with E-state index in [0.29, 0.717) is 19.0 Å². The summed E-state index contributed by atoms with van der Waals surface area (Å²) >= 11 is 0. The third-order valence-electron chi connectivity index (χ3n) is 5.49. The van der Waals surface area contributed by atoms with Crippen LogP contribution in [0.3, 0.4) is 0 Å². The Morgan fingerprint density at radius 1 is 1.24 bits per heavy atom. The van der Waals surface area contributed by atoms with Gasteiger partial charge in [-0.15, -0.1) is 0 Å². The van der Waals surface area contributed by atoms with Crippen molar-refractivity contribution in [3.8, 4) is 11.1 Å². The van der Waals surface area contributed by atoms with Gasteiger partial charge in [0, 0.05) is 44.1 Å². The predicted octanol–water partition coefficient (Wildman–Crippen LogP) is 2.96. The molecule has 0 aliphatic carbocycles. The van der Waals surface area contributed by atoms with Gasteiger partial charge in [0.25, 0.3) is 0 Å². The van der Waals surface area contributed by atoms with Crippen LogP contribution >= 0.6 is 0 Å². The van der Waals surface area contributed by atoms with Gasteiger partial charge in [-0.05, 0) is 43.6 Å². The Hall–Kier alpha value is -2.54. The number of likely N-dealkylation sites (N-methyl/N-ethyl adjacent to an activating group) is 1. The maximum Gasteiger partial charge on any atom is 0.225 e. The Labute approximate surface area is 172 Å². The first-order chi connectivity index (χ1) is 14.1. The minimum Gasteiger partial charge on any atom is -0.355 e. The number of amides is 1. The van der Waals surface area contributed by atoms with E-state index in [2.05, 4.69) is 38.9 Å². The van der Waals surface area contributed by atoms with E-state index in [4.69, 9.17) is 0 Å². The van der Waals surface area contributed by atoms with Crippen molar-refractivity contribution in [1.82, 2.24) is 20.2 Å². The minimum atomic E-state index is -0.280. The van der Waals surface area contributed by atoms with E-state index in [9.17, 15) is 9.18 Å². The second-order valence-corrected chi connectivity index (χ2v) is 7.39. The molecule has 0 unspecified atom stereocenters. The average Bonchev–Trinajstić information content (AvgIpc) is 2.77. The number of anilines is 1. The van der Waals surface area contributed by atoms with Gasteiger partial charge in [-0.25, -0.2) is 14.4 Å². The maximum atomic E-state index is 13.4. The second-order valence-electron chi connectivity index (χ2n) is 7.39. The van der Waals surface area contributed by atoms with Crippen molar-refractivity contribution < 1.29 is 9.18 Å². The first-order valence-electron chi connectivity index (χ1n) is 10.4. The number of carbonyl (C=O) groups is 1. The largest absolute Gasteiger partial charge is 0.355 e. The monoisotopic (exact) mass is 399 g/mol. The van der Waals surface area contributed by atoms with Crippen LogP contribution in [-0.2, 0) is 4.79 Å². The molecule has 0 bridgehead atoms. The maximum absolute atomic E-state index is 13.4. The lowest BCUT2D eigenvalue weighted by Crippen LogP contribution is -2.45. The van der Waals surface area contributed by atoms with Crippen molar-refractivity contribution in [2.24, 2.45) is 5.92 Å². The Balaban J connectivity index is 1.56. The summed E-state index contributed by atoms with van der Waals surface area (Å²) in [5.41, 5.74) is 1.52. The number of hydrogen-bond acceptors (Lipinski definition) is 5. The predicted molar refractivity (Wildman–Crippen MR) is 113 cm³/mol. The molecular formula is C22H30FN5O. The van der Waals surface area contributed by atoms with Crippen molar-refractivity contribution >= 4 is 11.9 Å². The van der Waals surface area contributed by atoms with E-state index in [-0.39, 0.29) is 17.6 Å². The fourth-order valence-electron chi connectivity index (χ4n) is 3.70. The topological polar surface area (TPSA) is 61.4 Å². The Kier molecular flexibility index (Phi) is 7.52. The molecule has 7 heteroatoms. The number of rotatable bonds is 8. The van der Waals surface area contributed by atoms with Gasteiger partial charge in [0.2, 0.25) is 11.9 Å². The molecule has 29 heavy (non-hydrogen) atoms. The fraction of sp³-hybridized carbons (Fsp3) is 0.500. The molecule has 1 aromatic carbocycles. The summed E-state index contributed by atoms with van der Waals surface area (Å²) in [4.78, 5) is 25.9. The Bertz CT molecular complexity index is 794. The molecule has 1 aromatic heterocycles. The van der Waals surface area contributed by atoms with E-state index < -0.39 is 0 Å². The average molecular weight is 400 g/mol. The van der Waals surface area contributed by atoms with Crippen molar-refractivity contribution in [2.75, 3.05) is 44.2 Å². The van der Waals surface area contributed by atoms with Gasteiger partial charge in [-0.3, -0.25) is 4.79 Å². The van der Waals surface area contributed by atoms with Crippen LogP contribution < -0.4 is 10.2 Å². The number of aromatic nitrogens is 2. The Morgan fingerprint density at radius 2 is 2.00 bits per heavy atom. The summed E-state index contributed by atoms with van der Waals surface area (Å²) in [6.07, 6.45) is 5.24. The van der Waals surface area contributed by atoms with Gasteiger partial charge in [0.05, 0.1) is 5.92 Å². The standard InChI is InChI=1S/C22H30FN5O/c1-3-27(4-2)12-10-24-21(29)18-8-6-11-28(16-18)22-25-14-19(15-26-22)17-7-5-9-20(23)13-17/h5,7,9,13-15,18H,3-4,6,8,10-12,16H2,1-2H3,(H,24,29)/t18-/m0/s1. The molecule has 2 heterocycles. The first kappa shape index (κ1) is 21.2. The highest BCUT2D eigenvalue weighted by Gasteiger charge is 2.27. The summed E-state index contributed by atoms with van der Waals surface area (Å²) in [5, 5.41) is 3.08. The van der Waals surface area contributed by atoms with Crippen LogP contribution in [0.4, 0.5) is 10.3 Å². The zero-order chi connectivity index (χ0) is 20.6. The van der Waals surface area contributed by atoms with Crippen LogP contribution in [0.5, 0.6) is 0 Å². The number of nitrogens with one attached hydrogen (secondary N) is 1. The third-order valence-corrected chi connectivity index (χ3v) is 5.49.